The highest BCUT2D eigenvalue weighted by Crippen LogP contribution is 2.37. The Morgan fingerprint density at radius 1 is 1.50 bits per heavy atom. The summed E-state index contributed by atoms with van der Waals surface area (Å²) in [5.74, 6) is 0. The van der Waals surface area contributed by atoms with Crippen LogP contribution in [-0.4, -0.2) is 12.5 Å². The van der Waals surface area contributed by atoms with E-state index in [4.69, 9.17) is 0 Å². The lowest BCUT2D eigenvalue weighted by atomic mass is 10.2. The van der Waals surface area contributed by atoms with Gasteiger partial charge in [0.2, 0.25) is 0 Å². The summed E-state index contributed by atoms with van der Waals surface area (Å²) in [4.78, 5) is 1.34. The fourth-order valence-corrected chi connectivity index (χ4v) is 2.34. The van der Waals surface area contributed by atoms with E-state index in [2.05, 4.69) is 35.8 Å². The lowest BCUT2D eigenvalue weighted by Crippen LogP contribution is -2.25. The van der Waals surface area contributed by atoms with Crippen molar-refractivity contribution in [2.24, 2.45) is 0 Å². The topological polar surface area (TPSA) is 24.1 Å². The maximum Gasteiger partial charge on any atom is 0.130 e. The van der Waals surface area contributed by atoms with Crippen LogP contribution in [0.25, 0.3) is 0 Å². The van der Waals surface area contributed by atoms with E-state index in [9.17, 15) is 0 Å². The van der Waals surface area contributed by atoms with Gasteiger partial charge in [0.25, 0.3) is 0 Å². The van der Waals surface area contributed by atoms with Crippen molar-refractivity contribution >= 4 is 17.4 Å². The molecule has 0 saturated carbocycles. The second-order valence-electron chi connectivity index (χ2n) is 2.93. The van der Waals surface area contributed by atoms with E-state index in [1.165, 1.54) is 16.1 Å². The van der Waals surface area contributed by atoms with Crippen LogP contribution in [0.3, 0.4) is 0 Å². The number of benzene rings is 1. The Labute approximate surface area is 76.7 Å². The van der Waals surface area contributed by atoms with Crippen LogP contribution in [0.1, 0.15) is 5.56 Å². The summed E-state index contributed by atoms with van der Waals surface area (Å²) >= 11 is 1.83. The molecule has 64 valence electrons. The van der Waals surface area contributed by atoms with Crippen LogP contribution in [0.2, 0.25) is 0 Å². The first kappa shape index (κ1) is 7.95. The Hall–Kier alpha value is -0.670. The maximum atomic E-state index is 3.36. The van der Waals surface area contributed by atoms with Gasteiger partial charge in [-0.25, -0.2) is 0 Å². The molecule has 1 aromatic carbocycles. The van der Waals surface area contributed by atoms with Crippen LogP contribution in [-0.2, 0) is 0 Å². The minimum atomic E-state index is 0.335. The second kappa shape index (κ2) is 2.99. The Kier molecular flexibility index (Phi) is 1.98. The molecule has 0 spiro atoms. The van der Waals surface area contributed by atoms with Gasteiger partial charge in [-0.2, -0.15) is 0 Å². The Morgan fingerprint density at radius 2 is 2.33 bits per heavy atom. The first-order valence-electron chi connectivity index (χ1n) is 4.01. The van der Waals surface area contributed by atoms with Gasteiger partial charge in [-0.1, -0.05) is 17.8 Å². The standard InChI is InChI=1S/C9H12N2S/c1-6-3-4-7-8(5-6)12-9(10-2)11-7/h3-5,9-11H,1-2H3. The van der Waals surface area contributed by atoms with Gasteiger partial charge >= 0.3 is 0 Å². The van der Waals surface area contributed by atoms with E-state index < -0.39 is 0 Å². The molecular formula is C9H12N2S. The molecule has 0 aliphatic carbocycles. The fourth-order valence-electron chi connectivity index (χ4n) is 1.28. The van der Waals surface area contributed by atoms with E-state index in [0.717, 1.165) is 0 Å². The molecule has 0 aromatic heterocycles. The number of anilines is 1. The van der Waals surface area contributed by atoms with Crippen LogP contribution in [0.4, 0.5) is 5.69 Å². The van der Waals surface area contributed by atoms with Gasteiger partial charge in [0.05, 0.1) is 0 Å². The number of hydrogen-bond acceptors (Lipinski definition) is 3. The third-order valence-corrected chi connectivity index (χ3v) is 3.11. The van der Waals surface area contributed by atoms with Crippen molar-refractivity contribution in [2.45, 2.75) is 17.3 Å². The summed E-state index contributed by atoms with van der Waals surface area (Å²) in [6, 6.07) is 6.48. The molecule has 12 heavy (non-hydrogen) atoms. The summed E-state index contributed by atoms with van der Waals surface area (Å²) in [5.41, 5.74) is 2.89. The zero-order valence-corrected chi connectivity index (χ0v) is 8.03. The molecule has 2 rings (SSSR count). The number of fused-ring (bicyclic) bond motifs is 1. The molecule has 1 heterocycles. The highest BCUT2D eigenvalue weighted by Gasteiger charge is 2.18. The predicted molar refractivity (Wildman–Crippen MR) is 53.5 cm³/mol. The van der Waals surface area contributed by atoms with Crippen LogP contribution < -0.4 is 10.6 Å². The van der Waals surface area contributed by atoms with Gasteiger partial charge in [0.15, 0.2) is 0 Å². The third kappa shape index (κ3) is 1.30. The molecular weight excluding hydrogens is 168 g/mol. The number of nitrogens with one attached hydrogen (secondary N) is 2. The van der Waals surface area contributed by atoms with Gasteiger partial charge in [0, 0.05) is 10.6 Å². The second-order valence-corrected chi connectivity index (χ2v) is 4.08. The average molecular weight is 180 g/mol. The molecule has 0 radical (unpaired) electrons. The van der Waals surface area contributed by atoms with E-state index in [0.29, 0.717) is 5.50 Å². The van der Waals surface area contributed by atoms with Crippen molar-refractivity contribution in [1.29, 1.82) is 0 Å². The summed E-state index contributed by atoms with van der Waals surface area (Å²) in [5, 5.41) is 6.55. The van der Waals surface area contributed by atoms with Gasteiger partial charge in [0.1, 0.15) is 5.50 Å². The molecule has 2 nitrogen and oxygen atoms in total. The lowest BCUT2D eigenvalue weighted by molar-refractivity contribution is 0.828. The number of hydrogen-bond donors (Lipinski definition) is 2. The number of thioether (sulfide) groups is 1. The maximum absolute atomic E-state index is 3.36. The number of rotatable bonds is 1. The molecule has 0 amide bonds. The van der Waals surface area contributed by atoms with Crippen LogP contribution in [0, 0.1) is 6.92 Å². The van der Waals surface area contributed by atoms with Crippen LogP contribution in [0.5, 0.6) is 0 Å². The molecule has 1 aliphatic rings. The molecule has 2 N–H and O–H groups in total. The van der Waals surface area contributed by atoms with Gasteiger partial charge in [-0.15, -0.1) is 0 Å². The van der Waals surface area contributed by atoms with Crippen molar-refractivity contribution in [3.63, 3.8) is 0 Å². The Morgan fingerprint density at radius 3 is 3.08 bits per heavy atom. The Balaban J connectivity index is 2.30. The Bertz CT molecular complexity index is 299. The summed E-state index contributed by atoms with van der Waals surface area (Å²) in [6.45, 7) is 2.12. The summed E-state index contributed by atoms with van der Waals surface area (Å²) in [7, 11) is 1.96. The quantitative estimate of drug-likeness (QED) is 0.691. The smallest absolute Gasteiger partial charge is 0.130 e. The monoisotopic (exact) mass is 180 g/mol. The van der Waals surface area contributed by atoms with Crippen molar-refractivity contribution < 1.29 is 0 Å². The van der Waals surface area contributed by atoms with Gasteiger partial charge in [-0.05, 0) is 31.7 Å². The highest BCUT2D eigenvalue weighted by molar-refractivity contribution is 8.00. The SMILES string of the molecule is CNC1Nc2ccc(C)cc2S1. The molecule has 0 fully saturated rings. The normalized spacial score (nSPS) is 20.3. The fraction of sp³-hybridized carbons (Fsp3) is 0.333. The lowest BCUT2D eigenvalue weighted by Gasteiger charge is -2.06. The number of aryl methyl sites for hydroxylation is 1. The largest absolute Gasteiger partial charge is 0.360 e. The molecule has 1 aliphatic heterocycles. The summed E-state index contributed by atoms with van der Waals surface area (Å²) < 4.78 is 0. The first-order valence-corrected chi connectivity index (χ1v) is 4.88. The molecule has 1 atom stereocenters. The van der Waals surface area contributed by atoms with E-state index in [-0.39, 0.29) is 0 Å². The van der Waals surface area contributed by atoms with E-state index >= 15 is 0 Å². The van der Waals surface area contributed by atoms with Crippen molar-refractivity contribution in [3.8, 4) is 0 Å². The molecule has 0 saturated heterocycles. The molecule has 0 bridgehead atoms. The van der Waals surface area contributed by atoms with Crippen molar-refractivity contribution in [2.75, 3.05) is 12.4 Å². The first-order chi connectivity index (χ1) is 5.79. The van der Waals surface area contributed by atoms with Crippen molar-refractivity contribution in [3.05, 3.63) is 23.8 Å². The third-order valence-electron chi connectivity index (χ3n) is 1.93. The minimum absolute atomic E-state index is 0.335. The zero-order valence-electron chi connectivity index (χ0n) is 7.22. The predicted octanol–water partition coefficient (Wildman–Crippen LogP) is 2.02. The molecule has 3 heteroatoms. The van der Waals surface area contributed by atoms with Crippen LogP contribution in [0.15, 0.2) is 23.1 Å². The zero-order chi connectivity index (χ0) is 8.55. The van der Waals surface area contributed by atoms with Crippen molar-refractivity contribution in [1.82, 2.24) is 5.32 Å². The van der Waals surface area contributed by atoms with Gasteiger partial charge in [-0.3, -0.25) is 5.32 Å². The minimum Gasteiger partial charge on any atom is -0.360 e. The average Bonchev–Trinajstić information content (AvgIpc) is 2.46. The summed E-state index contributed by atoms with van der Waals surface area (Å²) in [6.07, 6.45) is 0. The van der Waals surface area contributed by atoms with Gasteiger partial charge < -0.3 is 5.32 Å². The molecule has 1 aromatic rings. The van der Waals surface area contributed by atoms with Crippen LogP contribution >= 0.6 is 11.8 Å². The molecule has 1 unspecified atom stereocenters. The highest BCUT2D eigenvalue weighted by atomic mass is 32.2. The van der Waals surface area contributed by atoms with E-state index in [1.807, 2.05) is 18.8 Å². The van der Waals surface area contributed by atoms with E-state index in [1.54, 1.807) is 0 Å².